The predicted molar refractivity (Wildman–Crippen MR) is 119 cm³/mol. The largest absolute Gasteiger partial charge is 0.349 e. The van der Waals surface area contributed by atoms with Gasteiger partial charge >= 0.3 is 0 Å². The van der Waals surface area contributed by atoms with Crippen LogP contribution in [0.2, 0.25) is 5.02 Å². The van der Waals surface area contributed by atoms with Crippen LogP contribution in [0, 0.1) is 12.7 Å². The lowest BCUT2D eigenvalue weighted by molar-refractivity contribution is -0.133. The molecule has 0 saturated carbocycles. The van der Waals surface area contributed by atoms with Crippen molar-refractivity contribution in [2.45, 2.75) is 31.2 Å². The van der Waals surface area contributed by atoms with E-state index < -0.39 is 21.9 Å². The number of benzene rings is 2. The van der Waals surface area contributed by atoms with Gasteiger partial charge in [-0.3, -0.25) is 9.59 Å². The molecule has 1 heterocycles. The van der Waals surface area contributed by atoms with E-state index in [1.165, 1.54) is 17.3 Å². The Morgan fingerprint density at radius 2 is 1.72 bits per heavy atom. The third-order valence-electron chi connectivity index (χ3n) is 5.36. The molecular weight excluding hydrogens is 457 g/mol. The van der Waals surface area contributed by atoms with E-state index in [4.69, 9.17) is 11.6 Å². The lowest BCUT2D eigenvalue weighted by Crippen LogP contribution is -2.51. The van der Waals surface area contributed by atoms with Crippen molar-refractivity contribution >= 4 is 33.4 Å². The minimum atomic E-state index is -3.85. The Kier molecular flexibility index (Phi) is 7.53. The van der Waals surface area contributed by atoms with Gasteiger partial charge in [0.2, 0.25) is 21.8 Å². The molecule has 1 fully saturated rings. The molecule has 2 aromatic rings. The molecule has 0 aromatic heterocycles. The van der Waals surface area contributed by atoms with E-state index in [-0.39, 0.29) is 54.3 Å². The zero-order valence-electron chi connectivity index (χ0n) is 17.8. The number of rotatable bonds is 6. The molecule has 32 heavy (non-hydrogen) atoms. The topological polar surface area (TPSA) is 86.8 Å². The number of carbonyl (C=O) groups excluding carboxylic acids is 2. The average Bonchev–Trinajstić information content (AvgIpc) is 2.75. The van der Waals surface area contributed by atoms with Gasteiger partial charge in [0.1, 0.15) is 5.82 Å². The van der Waals surface area contributed by atoms with Gasteiger partial charge < -0.3 is 10.2 Å². The normalized spacial score (nSPS) is 15.9. The first-order valence-electron chi connectivity index (χ1n) is 10.1. The van der Waals surface area contributed by atoms with Crippen LogP contribution in [0.25, 0.3) is 0 Å². The number of nitrogens with one attached hydrogen (secondary N) is 1. The molecule has 7 nitrogen and oxygen atoms in total. The minimum absolute atomic E-state index is 0.0724. The molecule has 3 rings (SSSR count). The summed E-state index contributed by atoms with van der Waals surface area (Å²) >= 11 is 5.73. The fourth-order valence-corrected chi connectivity index (χ4v) is 5.26. The lowest BCUT2D eigenvalue weighted by atomic mass is 10.0. The number of aryl methyl sites for hydroxylation is 1. The highest BCUT2D eigenvalue weighted by molar-refractivity contribution is 7.89. The van der Waals surface area contributed by atoms with Crippen molar-refractivity contribution in [1.29, 1.82) is 0 Å². The van der Waals surface area contributed by atoms with Crippen LogP contribution in [0.5, 0.6) is 0 Å². The second-order valence-electron chi connectivity index (χ2n) is 7.73. The fourth-order valence-electron chi connectivity index (χ4n) is 3.56. The van der Waals surface area contributed by atoms with Crippen molar-refractivity contribution in [1.82, 2.24) is 14.5 Å². The van der Waals surface area contributed by atoms with E-state index in [1.807, 2.05) is 31.2 Å². The smallest absolute Gasteiger partial charge is 0.243 e. The van der Waals surface area contributed by atoms with Crippen LogP contribution in [0.1, 0.15) is 30.5 Å². The highest BCUT2D eigenvalue weighted by atomic mass is 35.5. The van der Waals surface area contributed by atoms with Gasteiger partial charge in [0.05, 0.1) is 22.4 Å². The predicted octanol–water partition coefficient (Wildman–Crippen LogP) is 2.89. The van der Waals surface area contributed by atoms with Crippen molar-refractivity contribution in [2.75, 3.05) is 26.2 Å². The minimum Gasteiger partial charge on any atom is -0.349 e. The van der Waals surface area contributed by atoms with E-state index in [1.54, 1.807) is 4.90 Å². The maximum Gasteiger partial charge on any atom is 0.243 e. The second-order valence-corrected chi connectivity index (χ2v) is 10.1. The van der Waals surface area contributed by atoms with Gasteiger partial charge in [-0.15, -0.1) is 0 Å². The zero-order chi connectivity index (χ0) is 23.5. The number of piperazine rings is 1. The molecule has 172 valence electrons. The third kappa shape index (κ3) is 5.65. The molecule has 0 unspecified atom stereocenters. The Labute approximate surface area is 192 Å². The first-order chi connectivity index (χ1) is 15.1. The van der Waals surface area contributed by atoms with E-state index in [0.29, 0.717) is 0 Å². The summed E-state index contributed by atoms with van der Waals surface area (Å²) in [6, 6.07) is 10.4. The summed E-state index contributed by atoms with van der Waals surface area (Å²) in [5.74, 6) is -1.10. The maximum atomic E-state index is 13.4. The number of halogens is 2. The summed E-state index contributed by atoms with van der Waals surface area (Å²) in [6.45, 7) is 4.00. The van der Waals surface area contributed by atoms with Crippen LogP contribution in [-0.4, -0.2) is 55.6 Å². The molecular formula is C22H25ClFN3O4S. The van der Waals surface area contributed by atoms with Gasteiger partial charge in [0.15, 0.2) is 0 Å². The lowest BCUT2D eigenvalue weighted by Gasteiger charge is -2.34. The van der Waals surface area contributed by atoms with Crippen LogP contribution in [-0.2, 0) is 19.6 Å². The Morgan fingerprint density at radius 1 is 1.09 bits per heavy atom. The van der Waals surface area contributed by atoms with Gasteiger partial charge in [0.25, 0.3) is 0 Å². The average molecular weight is 482 g/mol. The number of hydrogen-bond acceptors (Lipinski definition) is 4. The number of nitrogens with zero attached hydrogens (tertiary/aromatic N) is 2. The van der Waals surface area contributed by atoms with E-state index in [9.17, 15) is 22.4 Å². The summed E-state index contributed by atoms with van der Waals surface area (Å²) in [4.78, 5) is 26.0. The quantitative estimate of drug-likeness (QED) is 0.687. The van der Waals surface area contributed by atoms with Gasteiger partial charge in [-0.25, -0.2) is 12.8 Å². The highest BCUT2D eigenvalue weighted by Crippen LogP contribution is 2.24. The highest BCUT2D eigenvalue weighted by Gasteiger charge is 2.31. The number of amides is 2. The molecule has 0 spiro atoms. The number of sulfonamides is 1. The van der Waals surface area contributed by atoms with Crippen molar-refractivity contribution in [2.24, 2.45) is 0 Å². The molecule has 2 aromatic carbocycles. The molecule has 10 heteroatoms. The monoisotopic (exact) mass is 481 g/mol. The second kappa shape index (κ2) is 9.97. The van der Waals surface area contributed by atoms with Crippen LogP contribution in [0.15, 0.2) is 47.4 Å². The van der Waals surface area contributed by atoms with Crippen LogP contribution in [0.4, 0.5) is 4.39 Å². The molecule has 0 bridgehead atoms. The Balaban J connectivity index is 1.65. The molecule has 1 aliphatic rings. The molecule has 0 aliphatic carbocycles. The first kappa shape index (κ1) is 24.2. The van der Waals surface area contributed by atoms with Gasteiger partial charge in [-0.05, 0) is 30.7 Å². The number of carbonyl (C=O) groups is 2. The SMILES string of the molecule is CC(=O)N[C@@H](CC(=O)N1CCN(S(=O)(=O)c2ccc(F)c(Cl)c2)CC1)c1ccc(C)cc1. The van der Waals surface area contributed by atoms with Gasteiger partial charge in [-0.2, -0.15) is 4.31 Å². The van der Waals surface area contributed by atoms with Crippen molar-refractivity contribution in [3.63, 3.8) is 0 Å². The van der Waals surface area contributed by atoms with Crippen LogP contribution in [0.3, 0.4) is 0 Å². The van der Waals surface area contributed by atoms with Gasteiger partial charge in [0, 0.05) is 33.1 Å². The van der Waals surface area contributed by atoms with E-state index in [0.717, 1.165) is 23.3 Å². The summed E-state index contributed by atoms with van der Waals surface area (Å²) in [5.41, 5.74) is 1.90. The van der Waals surface area contributed by atoms with E-state index >= 15 is 0 Å². The molecule has 1 saturated heterocycles. The molecule has 0 radical (unpaired) electrons. The molecule has 1 N–H and O–H groups in total. The molecule has 1 aliphatic heterocycles. The van der Waals surface area contributed by atoms with Gasteiger partial charge in [-0.1, -0.05) is 41.4 Å². The maximum absolute atomic E-state index is 13.4. The summed E-state index contributed by atoms with van der Waals surface area (Å²) in [7, 11) is -3.85. The zero-order valence-corrected chi connectivity index (χ0v) is 19.4. The number of hydrogen-bond donors (Lipinski definition) is 1. The third-order valence-corrected chi connectivity index (χ3v) is 7.54. The van der Waals surface area contributed by atoms with Crippen LogP contribution < -0.4 is 5.32 Å². The Hall–Kier alpha value is -2.49. The van der Waals surface area contributed by atoms with Crippen molar-refractivity contribution in [3.8, 4) is 0 Å². The van der Waals surface area contributed by atoms with Crippen LogP contribution >= 0.6 is 11.6 Å². The summed E-state index contributed by atoms with van der Waals surface area (Å²) < 4.78 is 40.3. The summed E-state index contributed by atoms with van der Waals surface area (Å²) in [6.07, 6.45) is 0.0724. The van der Waals surface area contributed by atoms with Crippen molar-refractivity contribution in [3.05, 3.63) is 64.4 Å². The molecule has 1 atom stereocenters. The summed E-state index contributed by atoms with van der Waals surface area (Å²) in [5, 5.41) is 2.55. The standard InChI is InChI=1S/C22H25ClFN3O4S/c1-15-3-5-17(6-4-15)21(25-16(2)28)14-22(29)26-9-11-27(12-10-26)32(30,31)18-7-8-20(24)19(23)13-18/h3-8,13,21H,9-12,14H2,1-2H3,(H,25,28)/t21-/m0/s1. The van der Waals surface area contributed by atoms with Crippen molar-refractivity contribution < 1.29 is 22.4 Å². The molecule has 2 amide bonds. The fraction of sp³-hybridized carbons (Fsp3) is 0.364. The Morgan fingerprint density at radius 3 is 2.28 bits per heavy atom. The van der Waals surface area contributed by atoms with E-state index in [2.05, 4.69) is 5.32 Å². The Bertz CT molecular complexity index is 1100. The first-order valence-corrected chi connectivity index (χ1v) is 12.0.